The van der Waals surface area contributed by atoms with Crippen LogP contribution in [-0.2, 0) is 19.0 Å². The number of morpholine rings is 1. The molecule has 6 rings (SSSR count). The number of carbonyl (C=O) groups excluding carboxylic acids is 1. The second kappa shape index (κ2) is 9.92. The van der Waals surface area contributed by atoms with Crippen molar-refractivity contribution in [2.24, 2.45) is 22.7 Å². The van der Waals surface area contributed by atoms with Crippen molar-refractivity contribution in [3.05, 3.63) is 51.7 Å². The normalized spacial score (nSPS) is 40.9. The zero-order chi connectivity index (χ0) is 28.3. The van der Waals surface area contributed by atoms with E-state index in [2.05, 4.69) is 27.9 Å². The first-order valence-corrected chi connectivity index (χ1v) is 14.0. The number of ether oxygens (including phenoxy) is 3. The molecule has 4 heterocycles. The number of aliphatic hydroxyl groups is 2. The smallest absolute Gasteiger partial charge is 0.343 e. The molecule has 11 heteroatoms. The molecule has 7 atom stereocenters. The van der Waals surface area contributed by atoms with Crippen molar-refractivity contribution < 1.29 is 29.2 Å². The van der Waals surface area contributed by atoms with E-state index in [0.29, 0.717) is 31.8 Å². The number of aliphatic hydroxyl groups excluding tert-OH is 2. The molecule has 0 bridgehead atoms. The van der Waals surface area contributed by atoms with Crippen LogP contribution in [0, 0.1) is 22.7 Å². The molecule has 4 unspecified atom stereocenters. The van der Waals surface area contributed by atoms with Crippen molar-refractivity contribution in [2.75, 3.05) is 45.3 Å². The topological polar surface area (TPSA) is 164 Å². The van der Waals surface area contributed by atoms with Crippen LogP contribution in [0.2, 0.25) is 0 Å². The summed E-state index contributed by atoms with van der Waals surface area (Å²) >= 11 is 0. The number of nitrogens with one attached hydrogen (secondary N) is 1. The standard InChI is InChI=1S/C29H38N4O7/c1-27-6-5-23(35)28(2,15-34)21(27)13-22(33-7-9-38-10-8-33)29(16-39-29)20(27)4-3-17-11-19(40-25(17)37)12-18-14-31-26(30)32-24(18)36/h3-4,11-12,14,20-23,34-35H,5-10,13,15-16H2,1-2H3,(H3,30,31,32,36)/t20?,21?,22?,23-,27-,28+,29?/m1/s1. The highest BCUT2D eigenvalue weighted by molar-refractivity contribution is 5.96. The molecule has 1 aromatic heterocycles. The van der Waals surface area contributed by atoms with Crippen LogP contribution in [0.4, 0.5) is 5.95 Å². The van der Waals surface area contributed by atoms with Gasteiger partial charge in [-0.25, -0.2) is 9.78 Å². The molecule has 4 fully saturated rings. The minimum atomic E-state index is -0.651. The van der Waals surface area contributed by atoms with E-state index in [1.807, 2.05) is 6.92 Å². The molecule has 1 spiro atoms. The Morgan fingerprint density at radius 1 is 1.27 bits per heavy atom. The van der Waals surface area contributed by atoms with E-state index in [1.165, 1.54) is 12.3 Å². The number of rotatable bonds is 5. The first-order chi connectivity index (χ1) is 19.1. The minimum absolute atomic E-state index is 0.00754. The summed E-state index contributed by atoms with van der Waals surface area (Å²) in [4.78, 5) is 33.7. The lowest BCUT2D eigenvalue weighted by Crippen LogP contribution is -2.67. The van der Waals surface area contributed by atoms with Crippen LogP contribution < -0.4 is 11.3 Å². The number of epoxide rings is 1. The van der Waals surface area contributed by atoms with Crippen LogP contribution in [0.25, 0.3) is 6.08 Å². The number of nitrogens with two attached hydrogens (primary N) is 1. The van der Waals surface area contributed by atoms with Crippen molar-refractivity contribution in [1.29, 1.82) is 0 Å². The van der Waals surface area contributed by atoms with Gasteiger partial charge in [-0.3, -0.25) is 14.7 Å². The number of cyclic esters (lactones) is 1. The second-order valence-corrected chi connectivity index (χ2v) is 12.3. The maximum atomic E-state index is 12.8. The largest absolute Gasteiger partial charge is 0.423 e. The molecule has 0 radical (unpaired) electrons. The molecule has 5 aliphatic rings. The number of nitrogens with zero attached hydrogens (tertiary/aromatic N) is 2. The zero-order valence-corrected chi connectivity index (χ0v) is 23.0. The molecule has 0 amide bonds. The number of anilines is 1. The summed E-state index contributed by atoms with van der Waals surface area (Å²) in [6.45, 7) is 7.70. The Labute approximate surface area is 232 Å². The molecule has 3 aliphatic heterocycles. The molecule has 2 saturated heterocycles. The van der Waals surface area contributed by atoms with E-state index < -0.39 is 28.6 Å². The lowest BCUT2D eigenvalue weighted by atomic mass is 9.44. The molecule has 2 aliphatic carbocycles. The maximum Gasteiger partial charge on any atom is 0.343 e. The van der Waals surface area contributed by atoms with Gasteiger partial charge in [0.15, 0.2) is 5.95 Å². The summed E-state index contributed by atoms with van der Waals surface area (Å²) in [5.41, 5.74) is 4.36. The van der Waals surface area contributed by atoms with Crippen molar-refractivity contribution in [3.63, 3.8) is 0 Å². The summed E-state index contributed by atoms with van der Waals surface area (Å²) in [5, 5.41) is 21.6. The first kappa shape index (κ1) is 27.3. The first-order valence-electron chi connectivity index (χ1n) is 14.0. The van der Waals surface area contributed by atoms with E-state index in [4.69, 9.17) is 19.9 Å². The van der Waals surface area contributed by atoms with Crippen molar-refractivity contribution in [1.82, 2.24) is 14.9 Å². The summed E-state index contributed by atoms with van der Waals surface area (Å²) in [5.74, 6) is -0.277. The van der Waals surface area contributed by atoms with Gasteiger partial charge in [0, 0.05) is 36.7 Å². The highest BCUT2D eigenvalue weighted by atomic mass is 16.6. The maximum absolute atomic E-state index is 12.8. The molecular formula is C29H38N4O7. The van der Waals surface area contributed by atoms with Gasteiger partial charge in [0.1, 0.15) is 11.4 Å². The van der Waals surface area contributed by atoms with E-state index in [0.717, 1.165) is 25.9 Å². The molecule has 0 aromatic carbocycles. The van der Waals surface area contributed by atoms with Crippen molar-refractivity contribution in [2.45, 2.75) is 50.9 Å². The third-order valence-electron chi connectivity index (χ3n) is 10.2. The number of allylic oxidation sites excluding steroid dienone is 1. The fourth-order valence-corrected chi connectivity index (χ4v) is 7.91. The third kappa shape index (κ3) is 4.35. The molecular weight excluding hydrogens is 516 g/mol. The van der Waals surface area contributed by atoms with Gasteiger partial charge in [0.2, 0.25) is 0 Å². The van der Waals surface area contributed by atoms with Gasteiger partial charge in [0.25, 0.3) is 5.56 Å². The molecule has 11 nitrogen and oxygen atoms in total. The van der Waals surface area contributed by atoms with Gasteiger partial charge in [-0.1, -0.05) is 26.0 Å². The SMILES string of the molecule is C[C@]12CC[C@@H](O)[C@@](C)(CO)C1CC(N1CCOCC1)C1(CO1)C2C=CC1=CC(=Cc2cnc(N)[nH]c2=O)OC1=O. The number of H-pyrrole nitrogens is 1. The van der Waals surface area contributed by atoms with E-state index in [9.17, 15) is 19.8 Å². The van der Waals surface area contributed by atoms with Crippen LogP contribution in [0.5, 0.6) is 0 Å². The van der Waals surface area contributed by atoms with Crippen LogP contribution in [0.3, 0.4) is 0 Å². The summed E-state index contributed by atoms with van der Waals surface area (Å²) in [6.07, 6.45) is 9.87. The molecule has 216 valence electrons. The summed E-state index contributed by atoms with van der Waals surface area (Å²) in [7, 11) is 0. The highest BCUT2D eigenvalue weighted by Crippen LogP contribution is 2.66. The van der Waals surface area contributed by atoms with Gasteiger partial charge in [0.05, 0.1) is 43.7 Å². The van der Waals surface area contributed by atoms with Crippen molar-refractivity contribution in [3.8, 4) is 0 Å². The third-order valence-corrected chi connectivity index (χ3v) is 10.2. The number of hydrogen-bond acceptors (Lipinski definition) is 10. The quantitative estimate of drug-likeness (QED) is 0.305. The van der Waals surface area contributed by atoms with Gasteiger partial charge in [-0.15, -0.1) is 0 Å². The Morgan fingerprint density at radius 2 is 2.02 bits per heavy atom. The second-order valence-electron chi connectivity index (χ2n) is 12.3. The van der Waals surface area contributed by atoms with Crippen LogP contribution in [-0.4, -0.2) is 88.3 Å². The Bertz CT molecular complexity index is 1330. The number of nitrogen functional groups attached to an aromatic ring is 1. The highest BCUT2D eigenvalue weighted by Gasteiger charge is 2.71. The predicted molar refractivity (Wildman–Crippen MR) is 146 cm³/mol. The van der Waals surface area contributed by atoms with Gasteiger partial charge in [-0.2, -0.15) is 0 Å². The van der Waals surface area contributed by atoms with E-state index >= 15 is 0 Å². The summed E-state index contributed by atoms with van der Waals surface area (Å²) < 4.78 is 17.4. The lowest BCUT2D eigenvalue weighted by molar-refractivity contribution is -0.186. The average molecular weight is 555 g/mol. The molecule has 2 saturated carbocycles. The van der Waals surface area contributed by atoms with Crippen molar-refractivity contribution >= 4 is 18.0 Å². The zero-order valence-electron chi connectivity index (χ0n) is 23.0. The predicted octanol–water partition coefficient (Wildman–Crippen LogP) is 0.998. The molecule has 40 heavy (non-hydrogen) atoms. The Morgan fingerprint density at radius 3 is 2.70 bits per heavy atom. The monoisotopic (exact) mass is 554 g/mol. The minimum Gasteiger partial charge on any atom is -0.423 e. The van der Waals surface area contributed by atoms with Crippen LogP contribution in [0.15, 0.2) is 40.6 Å². The van der Waals surface area contributed by atoms with Gasteiger partial charge < -0.3 is 30.2 Å². The van der Waals surface area contributed by atoms with Gasteiger partial charge in [-0.05, 0) is 42.7 Å². The lowest BCUT2D eigenvalue weighted by Gasteiger charge is -2.63. The van der Waals surface area contributed by atoms with Gasteiger partial charge >= 0.3 is 5.97 Å². The number of fused-ring (bicyclic) bond motifs is 1. The van der Waals surface area contributed by atoms with E-state index in [-0.39, 0.29) is 47.2 Å². The number of esters is 1. The van der Waals surface area contributed by atoms with Crippen LogP contribution >= 0.6 is 0 Å². The fourth-order valence-electron chi connectivity index (χ4n) is 7.91. The fraction of sp³-hybridized carbons (Fsp3) is 0.621. The average Bonchev–Trinajstić information content (AvgIpc) is 3.64. The number of hydrogen-bond donors (Lipinski definition) is 4. The Kier molecular flexibility index (Phi) is 6.78. The number of aromatic amines is 1. The summed E-state index contributed by atoms with van der Waals surface area (Å²) in [6, 6.07) is 0.102. The van der Waals surface area contributed by atoms with E-state index in [1.54, 1.807) is 12.2 Å². The number of aromatic nitrogens is 2. The number of carbonyl (C=O) groups is 1. The molecule has 5 N–H and O–H groups in total. The Hall–Kier alpha value is -2.83. The molecule has 1 aromatic rings. The Balaban J connectivity index is 1.36. The van der Waals surface area contributed by atoms with Crippen LogP contribution in [0.1, 0.15) is 38.7 Å².